The predicted octanol–water partition coefficient (Wildman–Crippen LogP) is 13.2. The molecule has 0 radical (unpaired) electrons. The number of halogens is 4. The van der Waals surface area contributed by atoms with Gasteiger partial charge in [-0.2, -0.15) is 23.4 Å². The molecule has 12 heteroatoms. The first-order valence-corrected chi connectivity index (χ1v) is 26.2. The minimum absolute atomic E-state index is 0. The number of nitrogens with one attached hydrogen (secondary N) is 1. The van der Waals surface area contributed by atoms with Gasteiger partial charge in [0.15, 0.2) is 5.78 Å². The van der Waals surface area contributed by atoms with Crippen molar-refractivity contribution in [3.8, 4) is 0 Å². The SMILES string of the molecule is C.C.C[C@@]1(O)CC[C@@]2(C)[C@@H](CC[C@@H]3[C@@H]2CC[C@]2(C)[C@@H](C(=O)CBr)CC[C@@H]32)C1.C[C@@]1(O)CC[C@@]2(C)[C@@H](CC[C@@H]3[C@@H]2CC[C@]2(C)[C@@H](C(=O)Cn4cc(C(F)(F)F)cn4)CC[C@@H]32)C1.Cc1cn[nH]c1. The molecule has 8 nitrogen and oxygen atoms in total. The molecular formula is C54H86BrF3N4O4. The maximum Gasteiger partial charge on any atom is 0.419 e. The van der Waals surface area contributed by atoms with Gasteiger partial charge in [-0.3, -0.25) is 19.4 Å². The summed E-state index contributed by atoms with van der Waals surface area (Å²) < 4.78 is 39.9. The highest BCUT2D eigenvalue weighted by atomic mass is 79.9. The van der Waals surface area contributed by atoms with Gasteiger partial charge in [-0.05, 0) is 211 Å². The van der Waals surface area contributed by atoms with Gasteiger partial charge in [0.2, 0.25) is 0 Å². The third-order valence-corrected chi connectivity index (χ3v) is 21.3. The van der Waals surface area contributed by atoms with Gasteiger partial charge >= 0.3 is 6.18 Å². The quantitative estimate of drug-likeness (QED) is 0.257. The Labute approximate surface area is 403 Å². The topological polar surface area (TPSA) is 121 Å². The van der Waals surface area contributed by atoms with Crippen LogP contribution in [0.1, 0.15) is 183 Å². The smallest absolute Gasteiger partial charge is 0.390 e. The van der Waals surface area contributed by atoms with E-state index >= 15 is 0 Å². The van der Waals surface area contributed by atoms with E-state index in [1.807, 2.05) is 27.0 Å². The summed E-state index contributed by atoms with van der Waals surface area (Å²) >= 11 is 3.43. The van der Waals surface area contributed by atoms with E-state index in [0.29, 0.717) is 46.1 Å². The highest BCUT2D eigenvalue weighted by molar-refractivity contribution is 9.09. The summed E-state index contributed by atoms with van der Waals surface area (Å²) in [5.41, 5.74) is 0.265. The summed E-state index contributed by atoms with van der Waals surface area (Å²) in [6.07, 6.45) is 20.8. The second-order valence-corrected chi connectivity index (χ2v) is 24.9. The Morgan fingerprint density at radius 1 is 0.682 bits per heavy atom. The molecule has 2 heterocycles. The molecule has 0 bridgehead atoms. The van der Waals surface area contributed by atoms with Crippen molar-refractivity contribution in [1.82, 2.24) is 20.0 Å². The van der Waals surface area contributed by atoms with Crippen molar-refractivity contribution in [1.29, 1.82) is 0 Å². The molecule has 0 aliphatic heterocycles. The fourth-order valence-corrected chi connectivity index (χ4v) is 17.6. The van der Waals surface area contributed by atoms with Gasteiger partial charge in [-0.25, -0.2) is 0 Å². The highest BCUT2D eigenvalue weighted by Crippen LogP contribution is 2.70. The molecule has 0 aromatic carbocycles. The Bertz CT molecular complexity index is 1990. The van der Waals surface area contributed by atoms with Crippen LogP contribution in [0.3, 0.4) is 0 Å². The van der Waals surface area contributed by atoms with Crippen molar-refractivity contribution in [2.24, 2.45) is 80.8 Å². The van der Waals surface area contributed by atoms with Gasteiger partial charge in [0.25, 0.3) is 0 Å². The van der Waals surface area contributed by atoms with Crippen molar-refractivity contribution < 1.29 is 33.0 Å². The van der Waals surface area contributed by atoms with Crippen LogP contribution in [-0.2, 0) is 22.3 Å². The number of aliphatic hydroxyl groups is 2. The lowest BCUT2D eigenvalue weighted by Crippen LogP contribution is -2.55. The third-order valence-electron chi connectivity index (χ3n) is 20.7. The Kier molecular flexibility index (Phi) is 15.6. The molecule has 16 atom stereocenters. The minimum Gasteiger partial charge on any atom is -0.390 e. The lowest BCUT2D eigenvalue weighted by molar-refractivity contribution is -0.151. The van der Waals surface area contributed by atoms with E-state index in [9.17, 15) is 33.0 Å². The van der Waals surface area contributed by atoms with E-state index in [1.165, 1.54) is 50.5 Å². The molecule has 0 unspecified atom stereocenters. The minimum atomic E-state index is -4.44. The molecule has 0 amide bonds. The highest BCUT2D eigenvalue weighted by Gasteiger charge is 2.63. The molecule has 8 fully saturated rings. The fraction of sp³-hybridized carbons (Fsp3) is 0.852. The molecule has 0 spiro atoms. The van der Waals surface area contributed by atoms with Gasteiger partial charge in [-0.1, -0.05) is 58.5 Å². The zero-order valence-electron chi connectivity index (χ0n) is 39.8. The van der Waals surface area contributed by atoms with E-state index in [1.54, 1.807) is 6.20 Å². The van der Waals surface area contributed by atoms with Crippen molar-refractivity contribution in [3.05, 3.63) is 35.9 Å². The van der Waals surface area contributed by atoms with Crippen LogP contribution < -0.4 is 0 Å². The molecular weight excluding hydrogens is 906 g/mol. The van der Waals surface area contributed by atoms with E-state index in [-0.39, 0.29) is 55.3 Å². The number of carbonyl (C=O) groups is 2. The number of aryl methyl sites for hydroxylation is 1. The van der Waals surface area contributed by atoms with E-state index < -0.39 is 22.9 Å². The second-order valence-electron chi connectivity index (χ2n) is 24.3. The van der Waals surface area contributed by atoms with Gasteiger partial charge in [0.1, 0.15) is 5.78 Å². The van der Waals surface area contributed by atoms with E-state index in [4.69, 9.17) is 0 Å². The fourth-order valence-electron chi connectivity index (χ4n) is 17.2. The van der Waals surface area contributed by atoms with E-state index in [2.05, 4.69) is 58.9 Å². The first-order valence-electron chi connectivity index (χ1n) is 25.1. The molecule has 2 aromatic rings. The van der Waals surface area contributed by atoms with E-state index in [0.717, 1.165) is 105 Å². The molecule has 10 rings (SSSR count). The molecule has 2 aromatic heterocycles. The van der Waals surface area contributed by atoms with Crippen LogP contribution in [0.15, 0.2) is 24.8 Å². The normalized spacial score (nSPS) is 44.3. The maximum absolute atomic E-state index is 13.3. The molecule has 8 aliphatic carbocycles. The van der Waals surface area contributed by atoms with Gasteiger partial charge in [0.05, 0.1) is 41.0 Å². The number of carbonyl (C=O) groups excluding carboxylic acids is 2. The van der Waals surface area contributed by atoms with Crippen molar-refractivity contribution in [2.45, 2.75) is 203 Å². The van der Waals surface area contributed by atoms with Crippen LogP contribution in [0, 0.1) is 87.8 Å². The predicted molar refractivity (Wildman–Crippen MR) is 260 cm³/mol. The molecule has 374 valence electrons. The standard InChI is InChI=1S/C26H37F3N2O2.C22H35BrO2.C4H6N2.2CH4/c1-23(33)10-11-24(2)16(12-23)4-5-18-19-6-7-21(25(19,3)9-8-20(18)24)22(32)15-31-14-17(13-30-31)26(27,28)29;1-20(25)10-11-21(2)14(12-20)4-5-15-16-6-7-18(19(24)13-23)22(16,3)9-8-17(15)21;1-4-2-5-6-3-4;;/h13-14,16,18-21,33H,4-12,15H2,1-3H3;14-18,25H,4-13H2,1-3H3;2-3H,1H3,(H,5,6);2*1H4/t16-,18-,19-,20-,21+,23+,24-,25-;14-,15-,16-,17-,18+,20+,21-,22-;;;/m00.../s1. The van der Waals surface area contributed by atoms with Crippen molar-refractivity contribution >= 4 is 27.5 Å². The van der Waals surface area contributed by atoms with Crippen LogP contribution in [-0.4, -0.2) is 58.3 Å². The largest absolute Gasteiger partial charge is 0.419 e. The first-order chi connectivity index (χ1) is 29.9. The van der Waals surface area contributed by atoms with Crippen LogP contribution in [0.2, 0.25) is 0 Å². The summed E-state index contributed by atoms with van der Waals surface area (Å²) in [7, 11) is 0. The Morgan fingerprint density at radius 3 is 1.55 bits per heavy atom. The number of nitrogens with zero attached hydrogens (tertiary/aromatic N) is 3. The Balaban J connectivity index is 0.000000193. The number of Topliss-reactive ketones (excluding diaryl/α,β-unsaturated/α-hetero) is 2. The number of fused-ring (bicyclic) bond motifs is 10. The van der Waals surface area contributed by atoms with Gasteiger partial charge in [0, 0.05) is 24.2 Å². The summed E-state index contributed by atoms with van der Waals surface area (Å²) in [5, 5.41) is 32.0. The van der Waals surface area contributed by atoms with Crippen LogP contribution in [0.25, 0.3) is 0 Å². The number of aromatic amines is 1. The second kappa shape index (κ2) is 19.3. The Hall–Kier alpha value is -2.05. The number of aromatic nitrogens is 4. The first kappa shape index (κ1) is 53.3. The van der Waals surface area contributed by atoms with Gasteiger partial charge < -0.3 is 10.2 Å². The zero-order valence-corrected chi connectivity index (χ0v) is 41.4. The number of ketones is 2. The summed E-state index contributed by atoms with van der Waals surface area (Å²) in [6.45, 7) is 15.7. The summed E-state index contributed by atoms with van der Waals surface area (Å²) in [5.74, 6) is 6.10. The molecule has 8 aliphatic rings. The van der Waals surface area contributed by atoms with Crippen LogP contribution in [0.5, 0.6) is 0 Å². The number of alkyl halides is 4. The number of hydrogen-bond acceptors (Lipinski definition) is 6. The maximum atomic E-state index is 13.3. The number of hydrogen-bond donors (Lipinski definition) is 3. The molecule has 8 saturated carbocycles. The average Bonchev–Trinajstić information content (AvgIpc) is 4.04. The Morgan fingerprint density at radius 2 is 1.15 bits per heavy atom. The molecule has 3 N–H and O–H groups in total. The van der Waals surface area contributed by atoms with Crippen LogP contribution >= 0.6 is 15.9 Å². The third kappa shape index (κ3) is 9.71. The summed E-state index contributed by atoms with van der Waals surface area (Å²) in [6, 6.07) is 0. The van der Waals surface area contributed by atoms with Crippen LogP contribution in [0.4, 0.5) is 13.2 Å². The zero-order chi connectivity index (χ0) is 46.3. The lowest BCUT2D eigenvalue weighted by atomic mass is 9.44. The lowest BCUT2D eigenvalue weighted by Gasteiger charge is -2.61. The number of rotatable bonds is 5. The summed E-state index contributed by atoms with van der Waals surface area (Å²) in [4.78, 5) is 25.8. The average molecular weight is 992 g/mol. The monoisotopic (exact) mass is 991 g/mol. The molecule has 66 heavy (non-hydrogen) atoms. The number of H-pyrrole nitrogens is 1. The molecule has 0 saturated heterocycles. The van der Waals surface area contributed by atoms with Gasteiger partial charge in [-0.15, -0.1) is 0 Å². The van der Waals surface area contributed by atoms with Crippen molar-refractivity contribution in [3.63, 3.8) is 0 Å². The van der Waals surface area contributed by atoms with Crippen molar-refractivity contribution in [2.75, 3.05) is 5.33 Å².